The van der Waals surface area contributed by atoms with Crippen LogP contribution in [0.3, 0.4) is 0 Å². The predicted molar refractivity (Wildman–Crippen MR) is 178 cm³/mol. The molecule has 268 valence electrons. The molecule has 15 nitrogen and oxygen atoms in total. The molecule has 0 saturated heterocycles. The van der Waals surface area contributed by atoms with Gasteiger partial charge in [-0.25, -0.2) is 4.79 Å². The number of aliphatic hydroxyl groups is 1. The molecule has 8 N–H and O–H groups in total. The molecule has 0 radical (unpaired) electrons. The third kappa shape index (κ3) is 10.2. The number of amides is 4. The van der Waals surface area contributed by atoms with Crippen LogP contribution in [0.25, 0.3) is 0 Å². The minimum absolute atomic E-state index is 0.0242. The standard InChI is InChI=1S/C33H44ClN5O10/c1-15(2)10-19(36-6)29(43)39-26-27(42)16-8-9-22(18(34)11-16)48-23-13-17(12-21(40)28(23)47-7)25(32(46)49-33(3,4)5)38-30(44)20(14-24(35)41)37-31(26)45/h8-9,11-13,15,19-20,25-27,36,40,42H,10,14H2,1-7H3,(H2,35,41)(H,37,45)(H,38,44)(H,39,43)/t19-,20+,25+,26-,27-/m1/s1. The molecule has 49 heavy (non-hydrogen) atoms. The van der Waals surface area contributed by atoms with E-state index >= 15 is 0 Å². The molecular formula is C33H44ClN5O10. The highest BCUT2D eigenvalue weighted by atomic mass is 35.5. The highest BCUT2D eigenvalue weighted by Gasteiger charge is 2.37. The van der Waals surface area contributed by atoms with Crippen LogP contribution in [0.1, 0.15) is 70.7 Å². The van der Waals surface area contributed by atoms with E-state index in [0.29, 0.717) is 6.42 Å². The number of carbonyl (C=O) groups is 5. The number of ether oxygens (including phenoxy) is 3. The Bertz CT molecular complexity index is 1580. The number of likely N-dealkylation sites (N-methyl/N-ethyl adjacent to an activating group) is 1. The summed E-state index contributed by atoms with van der Waals surface area (Å²) in [4.78, 5) is 66.6. The lowest BCUT2D eigenvalue weighted by Gasteiger charge is -2.30. The number of phenols is 1. The molecule has 0 saturated carbocycles. The number of benzene rings is 2. The Kier molecular flexibility index (Phi) is 12.8. The van der Waals surface area contributed by atoms with Crippen LogP contribution in [0.2, 0.25) is 5.02 Å². The molecule has 0 aromatic heterocycles. The number of phenolic OH excluding ortho intramolecular Hbond substituents is 1. The van der Waals surface area contributed by atoms with Crippen molar-refractivity contribution in [2.75, 3.05) is 14.2 Å². The Morgan fingerprint density at radius 1 is 1.06 bits per heavy atom. The molecule has 4 bridgehead atoms. The molecule has 4 amide bonds. The Morgan fingerprint density at radius 3 is 2.29 bits per heavy atom. The van der Waals surface area contributed by atoms with Gasteiger partial charge in [0.1, 0.15) is 29.5 Å². The summed E-state index contributed by atoms with van der Waals surface area (Å²) >= 11 is 6.56. The number of halogens is 1. The molecule has 2 aromatic rings. The van der Waals surface area contributed by atoms with Gasteiger partial charge in [0.15, 0.2) is 17.5 Å². The van der Waals surface area contributed by atoms with Crippen LogP contribution in [0.4, 0.5) is 0 Å². The molecule has 16 heteroatoms. The van der Waals surface area contributed by atoms with Gasteiger partial charge in [0.25, 0.3) is 0 Å². The molecular weight excluding hydrogens is 662 g/mol. The fraction of sp³-hybridized carbons (Fsp3) is 0.485. The van der Waals surface area contributed by atoms with E-state index < -0.39 is 77.6 Å². The Balaban J connectivity index is 2.24. The van der Waals surface area contributed by atoms with E-state index in [9.17, 15) is 34.2 Å². The zero-order valence-corrected chi connectivity index (χ0v) is 29.1. The van der Waals surface area contributed by atoms with Gasteiger partial charge in [0, 0.05) is 0 Å². The summed E-state index contributed by atoms with van der Waals surface area (Å²) in [6, 6.07) is 0.744. The maximum Gasteiger partial charge on any atom is 0.333 e. The highest BCUT2D eigenvalue weighted by Crippen LogP contribution is 2.43. The molecule has 2 aromatic carbocycles. The van der Waals surface area contributed by atoms with Crippen LogP contribution in [0.5, 0.6) is 23.0 Å². The van der Waals surface area contributed by atoms with Gasteiger partial charge in [-0.1, -0.05) is 31.5 Å². The minimum Gasteiger partial charge on any atom is -0.504 e. The fourth-order valence-corrected chi connectivity index (χ4v) is 5.30. The van der Waals surface area contributed by atoms with E-state index in [1.165, 1.54) is 31.4 Å². The molecule has 2 aliphatic heterocycles. The number of aliphatic hydroxyl groups excluding tert-OH is 1. The smallest absolute Gasteiger partial charge is 0.333 e. The second-order valence-corrected chi connectivity index (χ2v) is 13.4. The SMILES string of the molecule is CN[C@H](CC(C)C)C(=O)N[C@H]1C(=O)N[C@@H](CC(N)=O)C(=O)N[C@H](C(=O)OC(C)(C)C)c2cc(O)c(OC)c(c2)Oc2ccc(cc2Cl)[C@H]1O. The molecule has 0 aliphatic carbocycles. The molecule has 0 spiro atoms. The minimum atomic E-state index is -1.73. The van der Waals surface area contributed by atoms with Crippen molar-refractivity contribution in [1.82, 2.24) is 21.3 Å². The molecule has 2 heterocycles. The Hall–Kier alpha value is -4.60. The first-order valence-electron chi connectivity index (χ1n) is 15.5. The normalized spacial score (nSPS) is 20.4. The number of aromatic hydroxyl groups is 1. The van der Waals surface area contributed by atoms with Gasteiger partial charge < -0.3 is 51.4 Å². The number of nitrogens with one attached hydrogen (secondary N) is 4. The Labute approximate surface area is 289 Å². The molecule has 2 aliphatic rings. The molecule has 0 fully saturated rings. The van der Waals surface area contributed by atoms with Crippen LogP contribution in [-0.2, 0) is 28.7 Å². The van der Waals surface area contributed by atoms with E-state index in [4.69, 9.17) is 31.5 Å². The first kappa shape index (κ1) is 38.8. The third-order valence-corrected chi connectivity index (χ3v) is 7.64. The van der Waals surface area contributed by atoms with E-state index in [-0.39, 0.29) is 39.3 Å². The zero-order valence-electron chi connectivity index (χ0n) is 28.4. The van der Waals surface area contributed by atoms with Gasteiger partial charge in [-0.3, -0.25) is 19.2 Å². The van der Waals surface area contributed by atoms with Gasteiger partial charge >= 0.3 is 5.97 Å². The van der Waals surface area contributed by atoms with Crippen molar-refractivity contribution < 1.29 is 48.4 Å². The Morgan fingerprint density at radius 2 is 1.73 bits per heavy atom. The van der Waals surface area contributed by atoms with Crippen molar-refractivity contribution in [2.24, 2.45) is 11.7 Å². The lowest BCUT2D eigenvalue weighted by molar-refractivity contribution is -0.159. The van der Waals surface area contributed by atoms with E-state index in [1.54, 1.807) is 27.8 Å². The number of methoxy groups -OCH3 is 1. The van der Waals surface area contributed by atoms with Crippen molar-refractivity contribution in [2.45, 2.75) is 83.3 Å². The highest BCUT2D eigenvalue weighted by molar-refractivity contribution is 6.32. The van der Waals surface area contributed by atoms with Crippen LogP contribution in [0.15, 0.2) is 30.3 Å². The van der Waals surface area contributed by atoms with Crippen molar-refractivity contribution >= 4 is 41.2 Å². The largest absolute Gasteiger partial charge is 0.504 e. The first-order chi connectivity index (χ1) is 22.8. The number of esters is 1. The average molecular weight is 706 g/mol. The van der Waals surface area contributed by atoms with Gasteiger partial charge in [-0.2, -0.15) is 0 Å². The number of nitrogens with two attached hydrogens (primary N) is 1. The number of hydrogen-bond donors (Lipinski definition) is 7. The quantitative estimate of drug-likeness (QED) is 0.186. The van der Waals surface area contributed by atoms with Crippen LogP contribution in [0, 0.1) is 5.92 Å². The average Bonchev–Trinajstić information content (AvgIpc) is 2.99. The predicted octanol–water partition coefficient (Wildman–Crippen LogP) is 1.87. The summed E-state index contributed by atoms with van der Waals surface area (Å²) in [6.45, 7) is 8.61. The van der Waals surface area contributed by atoms with Crippen molar-refractivity contribution in [3.63, 3.8) is 0 Å². The van der Waals surface area contributed by atoms with Crippen molar-refractivity contribution in [1.29, 1.82) is 0 Å². The monoisotopic (exact) mass is 705 g/mol. The number of rotatable bonds is 9. The maximum absolute atomic E-state index is 13.8. The number of hydrogen-bond acceptors (Lipinski definition) is 11. The van der Waals surface area contributed by atoms with E-state index in [1.807, 2.05) is 13.8 Å². The summed E-state index contributed by atoms with van der Waals surface area (Å²) in [7, 11) is 2.84. The summed E-state index contributed by atoms with van der Waals surface area (Å²) < 4.78 is 16.9. The number of fused-ring (bicyclic) bond motifs is 9. The topological polar surface area (TPSA) is 228 Å². The van der Waals surface area contributed by atoms with Gasteiger partial charge in [0.2, 0.25) is 29.4 Å². The van der Waals surface area contributed by atoms with Crippen LogP contribution in [-0.4, -0.2) is 77.7 Å². The first-order valence-corrected chi connectivity index (χ1v) is 15.9. The summed E-state index contributed by atoms with van der Waals surface area (Å²) in [5, 5.41) is 32.6. The van der Waals surface area contributed by atoms with E-state index in [2.05, 4.69) is 21.3 Å². The van der Waals surface area contributed by atoms with Gasteiger partial charge in [-0.15, -0.1) is 0 Å². The molecule has 5 atom stereocenters. The number of carbonyl (C=O) groups excluding carboxylic acids is 5. The van der Waals surface area contributed by atoms with Crippen molar-refractivity contribution in [3.05, 3.63) is 46.5 Å². The second kappa shape index (κ2) is 16.2. The summed E-state index contributed by atoms with van der Waals surface area (Å²) in [5.41, 5.74) is 4.46. The second-order valence-electron chi connectivity index (χ2n) is 13.0. The maximum atomic E-state index is 13.8. The molecule has 4 rings (SSSR count). The van der Waals surface area contributed by atoms with E-state index in [0.717, 1.165) is 6.07 Å². The van der Waals surface area contributed by atoms with Gasteiger partial charge in [0.05, 0.1) is 24.6 Å². The lowest BCUT2D eigenvalue weighted by atomic mass is 9.98. The third-order valence-electron chi connectivity index (χ3n) is 7.35. The summed E-state index contributed by atoms with van der Waals surface area (Å²) in [6.07, 6.45) is -2.07. The molecule has 0 unspecified atom stereocenters. The summed E-state index contributed by atoms with van der Waals surface area (Å²) in [5.74, 6) is -5.29. The zero-order chi connectivity index (χ0) is 36.8. The fourth-order valence-electron chi connectivity index (χ4n) is 5.07. The number of primary amides is 1. The lowest BCUT2D eigenvalue weighted by Crippen LogP contribution is -2.58. The van der Waals surface area contributed by atoms with Crippen LogP contribution >= 0.6 is 11.6 Å². The van der Waals surface area contributed by atoms with Crippen molar-refractivity contribution in [3.8, 4) is 23.0 Å². The van der Waals surface area contributed by atoms with Gasteiger partial charge in [-0.05, 0) is 75.5 Å². The van der Waals surface area contributed by atoms with Crippen LogP contribution < -0.4 is 36.5 Å².